The van der Waals surface area contributed by atoms with Crippen molar-refractivity contribution in [2.75, 3.05) is 6.54 Å². The fraction of sp³-hybridized carbons (Fsp3) is 0.438. The molecule has 1 rings (SSSR count). The first-order valence-electron chi connectivity index (χ1n) is 7.61. The largest absolute Gasteiger partial charge is 0.508 e. The number of carbonyl (C=O) groups excluding carboxylic acids is 3. The summed E-state index contributed by atoms with van der Waals surface area (Å²) in [4.78, 5) is 35.5. The number of hydrogen-bond donors (Lipinski definition) is 5. The third-order valence-electron chi connectivity index (χ3n) is 3.48. The van der Waals surface area contributed by atoms with E-state index < -0.39 is 29.8 Å². The summed E-state index contributed by atoms with van der Waals surface area (Å²) in [5, 5.41) is 14.4. The standard InChI is InChI=1S/C16H24N4O4/c1-9(2)14(15(18)23)20-16(24)12(19-13(22)8-17)7-10-3-5-11(21)6-4-10/h3-6,9,12,14,21H,7-8,17H2,1-2H3,(H2,18,23)(H,19,22)(H,20,24)/t12-,14-/m0/s1. The third-order valence-corrected chi connectivity index (χ3v) is 3.48. The molecule has 0 spiro atoms. The molecule has 0 aliphatic carbocycles. The highest BCUT2D eigenvalue weighted by Gasteiger charge is 2.27. The van der Waals surface area contributed by atoms with Crippen LogP contribution in [0.25, 0.3) is 0 Å². The molecule has 1 aromatic rings. The van der Waals surface area contributed by atoms with Crippen LogP contribution >= 0.6 is 0 Å². The molecule has 132 valence electrons. The zero-order valence-electron chi connectivity index (χ0n) is 13.8. The van der Waals surface area contributed by atoms with Crippen molar-refractivity contribution in [1.82, 2.24) is 10.6 Å². The lowest BCUT2D eigenvalue weighted by atomic mass is 10.0. The van der Waals surface area contributed by atoms with Crippen molar-refractivity contribution in [3.8, 4) is 5.75 Å². The van der Waals surface area contributed by atoms with Crippen molar-refractivity contribution in [1.29, 1.82) is 0 Å². The molecule has 1 aromatic carbocycles. The Kier molecular flexibility index (Phi) is 7.19. The van der Waals surface area contributed by atoms with Crippen LogP contribution in [0.5, 0.6) is 5.75 Å². The minimum atomic E-state index is -0.911. The summed E-state index contributed by atoms with van der Waals surface area (Å²) in [7, 11) is 0. The molecule has 0 fully saturated rings. The Morgan fingerprint density at radius 2 is 1.71 bits per heavy atom. The molecule has 7 N–H and O–H groups in total. The van der Waals surface area contributed by atoms with Crippen LogP contribution in [0, 0.1) is 5.92 Å². The van der Waals surface area contributed by atoms with Crippen LogP contribution in [-0.4, -0.2) is 41.5 Å². The molecule has 8 nitrogen and oxygen atoms in total. The Morgan fingerprint density at radius 1 is 1.12 bits per heavy atom. The molecule has 8 heteroatoms. The van der Waals surface area contributed by atoms with Crippen LogP contribution in [0.3, 0.4) is 0 Å². The number of phenols is 1. The molecule has 0 unspecified atom stereocenters. The van der Waals surface area contributed by atoms with Crippen molar-refractivity contribution in [3.05, 3.63) is 29.8 Å². The van der Waals surface area contributed by atoms with Crippen LogP contribution in [0.1, 0.15) is 19.4 Å². The zero-order chi connectivity index (χ0) is 18.3. The molecule has 0 aliphatic heterocycles. The van der Waals surface area contributed by atoms with E-state index in [0.717, 1.165) is 5.56 Å². The molecule has 0 aliphatic rings. The van der Waals surface area contributed by atoms with Gasteiger partial charge in [-0.25, -0.2) is 0 Å². The maximum atomic E-state index is 12.5. The lowest BCUT2D eigenvalue weighted by Gasteiger charge is -2.24. The number of amides is 3. The van der Waals surface area contributed by atoms with E-state index in [1.165, 1.54) is 12.1 Å². The second-order valence-corrected chi connectivity index (χ2v) is 5.83. The number of aromatic hydroxyl groups is 1. The summed E-state index contributed by atoms with van der Waals surface area (Å²) < 4.78 is 0. The van der Waals surface area contributed by atoms with Gasteiger partial charge in [0.2, 0.25) is 17.7 Å². The van der Waals surface area contributed by atoms with Crippen molar-refractivity contribution >= 4 is 17.7 Å². The number of carbonyl (C=O) groups is 3. The predicted octanol–water partition coefficient (Wildman–Crippen LogP) is -0.996. The fourth-order valence-corrected chi connectivity index (χ4v) is 2.15. The molecule has 0 saturated carbocycles. The molecule has 0 aromatic heterocycles. The molecular weight excluding hydrogens is 312 g/mol. The van der Waals surface area contributed by atoms with E-state index in [1.54, 1.807) is 26.0 Å². The Morgan fingerprint density at radius 3 is 2.17 bits per heavy atom. The van der Waals surface area contributed by atoms with Gasteiger partial charge >= 0.3 is 0 Å². The Labute approximate surface area is 140 Å². The van der Waals surface area contributed by atoms with E-state index in [4.69, 9.17) is 11.5 Å². The van der Waals surface area contributed by atoms with Crippen molar-refractivity contribution in [2.24, 2.45) is 17.4 Å². The molecular formula is C16H24N4O4. The Hall–Kier alpha value is -2.61. The summed E-state index contributed by atoms with van der Waals surface area (Å²) >= 11 is 0. The van der Waals surface area contributed by atoms with Gasteiger partial charge in [-0.1, -0.05) is 26.0 Å². The minimum Gasteiger partial charge on any atom is -0.508 e. The summed E-state index contributed by atoms with van der Waals surface area (Å²) in [5.41, 5.74) is 11.3. The molecule has 0 bridgehead atoms. The quantitative estimate of drug-likeness (QED) is 0.413. The van der Waals surface area contributed by atoms with Crippen LogP contribution in [-0.2, 0) is 20.8 Å². The number of primary amides is 1. The van der Waals surface area contributed by atoms with Crippen LogP contribution in [0.4, 0.5) is 0 Å². The van der Waals surface area contributed by atoms with Gasteiger partial charge in [0.05, 0.1) is 6.54 Å². The second kappa shape index (κ2) is 8.88. The van der Waals surface area contributed by atoms with Crippen LogP contribution in [0.2, 0.25) is 0 Å². The van der Waals surface area contributed by atoms with Gasteiger partial charge < -0.3 is 27.2 Å². The smallest absolute Gasteiger partial charge is 0.243 e. The maximum Gasteiger partial charge on any atom is 0.243 e. The van der Waals surface area contributed by atoms with E-state index in [0.29, 0.717) is 0 Å². The molecule has 2 atom stereocenters. The van der Waals surface area contributed by atoms with Gasteiger partial charge in [-0.2, -0.15) is 0 Å². The van der Waals surface area contributed by atoms with E-state index in [9.17, 15) is 19.5 Å². The highest BCUT2D eigenvalue weighted by molar-refractivity contribution is 5.92. The molecule has 0 radical (unpaired) electrons. The van der Waals surface area contributed by atoms with Crippen LogP contribution < -0.4 is 22.1 Å². The first kappa shape index (κ1) is 19.4. The number of nitrogens with one attached hydrogen (secondary N) is 2. The van der Waals surface area contributed by atoms with E-state index in [2.05, 4.69) is 10.6 Å². The lowest BCUT2D eigenvalue weighted by Crippen LogP contribution is -2.55. The highest BCUT2D eigenvalue weighted by atomic mass is 16.3. The Balaban J connectivity index is 2.91. The highest BCUT2D eigenvalue weighted by Crippen LogP contribution is 2.12. The predicted molar refractivity (Wildman–Crippen MR) is 88.8 cm³/mol. The zero-order valence-corrected chi connectivity index (χ0v) is 13.8. The molecule has 0 heterocycles. The summed E-state index contributed by atoms with van der Waals surface area (Å²) in [6.07, 6.45) is 0.182. The average molecular weight is 336 g/mol. The summed E-state index contributed by atoms with van der Waals surface area (Å²) in [6.45, 7) is 3.25. The van der Waals surface area contributed by atoms with Crippen molar-refractivity contribution in [2.45, 2.75) is 32.4 Å². The van der Waals surface area contributed by atoms with Gasteiger partial charge in [0.15, 0.2) is 0 Å². The van der Waals surface area contributed by atoms with Gasteiger partial charge in [-0.05, 0) is 23.6 Å². The van der Waals surface area contributed by atoms with Gasteiger partial charge in [-0.15, -0.1) is 0 Å². The van der Waals surface area contributed by atoms with Gasteiger partial charge in [0.1, 0.15) is 17.8 Å². The lowest BCUT2D eigenvalue weighted by molar-refractivity contribution is -0.131. The summed E-state index contributed by atoms with van der Waals surface area (Å²) in [5.74, 6) is -1.76. The number of hydrogen-bond acceptors (Lipinski definition) is 5. The van der Waals surface area contributed by atoms with Gasteiger partial charge in [-0.3, -0.25) is 14.4 Å². The Bertz CT molecular complexity index is 586. The maximum absolute atomic E-state index is 12.5. The van der Waals surface area contributed by atoms with E-state index in [1.807, 2.05) is 0 Å². The minimum absolute atomic E-state index is 0.0966. The molecule has 24 heavy (non-hydrogen) atoms. The van der Waals surface area contributed by atoms with Gasteiger partial charge in [0, 0.05) is 6.42 Å². The first-order valence-corrected chi connectivity index (χ1v) is 7.61. The number of phenolic OH excluding ortho intramolecular Hbond substituents is 1. The number of rotatable bonds is 8. The SMILES string of the molecule is CC(C)[C@H](NC(=O)[C@H](Cc1ccc(O)cc1)NC(=O)CN)C(N)=O. The van der Waals surface area contributed by atoms with Crippen molar-refractivity contribution < 1.29 is 19.5 Å². The van der Waals surface area contributed by atoms with Crippen LogP contribution in [0.15, 0.2) is 24.3 Å². The molecule has 3 amide bonds. The van der Waals surface area contributed by atoms with Gasteiger partial charge in [0.25, 0.3) is 0 Å². The second-order valence-electron chi connectivity index (χ2n) is 5.83. The number of nitrogens with two attached hydrogens (primary N) is 2. The average Bonchev–Trinajstić information content (AvgIpc) is 2.52. The van der Waals surface area contributed by atoms with Crippen molar-refractivity contribution in [3.63, 3.8) is 0 Å². The topological polar surface area (TPSA) is 148 Å². The van der Waals surface area contributed by atoms with E-state index >= 15 is 0 Å². The normalized spacial score (nSPS) is 13.2. The number of benzene rings is 1. The first-order chi connectivity index (χ1) is 11.2. The fourth-order valence-electron chi connectivity index (χ4n) is 2.15. The summed E-state index contributed by atoms with van der Waals surface area (Å²) in [6, 6.07) is 4.49. The third kappa shape index (κ3) is 5.88. The monoisotopic (exact) mass is 336 g/mol. The van der Waals surface area contributed by atoms with E-state index in [-0.39, 0.29) is 24.6 Å². The molecule has 0 saturated heterocycles.